The van der Waals surface area contributed by atoms with Gasteiger partial charge in [0.2, 0.25) is 0 Å². The second-order valence-electron chi connectivity index (χ2n) is 4.26. The van der Waals surface area contributed by atoms with Crippen molar-refractivity contribution in [3.63, 3.8) is 0 Å². The molecule has 18 heavy (non-hydrogen) atoms. The SMILES string of the molecule is O=C(O)c1cc(C2=NOC3COCC23)ccc1F. The first-order chi connectivity index (χ1) is 8.66. The molecular formula is C12H10FNO4. The number of halogens is 1. The number of oxime groups is 1. The summed E-state index contributed by atoms with van der Waals surface area (Å²) in [5, 5.41) is 12.8. The van der Waals surface area contributed by atoms with Crippen molar-refractivity contribution in [2.75, 3.05) is 13.2 Å². The number of carboxylic acid groups (broad SMARTS) is 1. The molecule has 94 valence electrons. The number of fused-ring (bicyclic) bond motifs is 1. The van der Waals surface area contributed by atoms with Crippen molar-refractivity contribution in [1.82, 2.24) is 0 Å². The van der Waals surface area contributed by atoms with E-state index in [1.165, 1.54) is 12.1 Å². The minimum absolute atomic E-state index is 0.00268. The summed E-state index contributed by atoms with van der Waals surface area (Å²) >= 11 is 0. The molecule has 2 aliphatic heterocycles. The minimum atomic E-state index is -1.30. The molecule has 0 amide bonds. The molecule has 1 N–H and O–H groups in total. The van der Waals surface area contributed by atoms with E-state index in [4.69, 9.17) is 14.7 Å². The van der Waals surface area contributed by atoms with Gasteiger partial charge in [0.25, 0.3) is 0 Å². The highest BCUT2D eigenvalue weighted by atomic mass is 19.1. The average Bonchev–Trinajstić information content (AvgIpc) is 2.91. The Morgan fingerprint density at radius 3 is 3.06 bits per heavy atom. The number of hydrogen-bond acceptors (Lipinski definition) is 4. The van der Waals surface area contributed by atoms with Crippen LogP contribution in [0.5, 0.6) is 0 Å². The molecule has 1 aromatic carbocycles. The molecule has 5 nitrogen and oxygen atoms in total. The molecule has 0 bridgehead atoms. The van der Waals surface area contributed by atoms with Crippen LogP contribution in [0.25, 0.3) is 0 Å². The fourth-order valence-corrected chi connectivity index (χ4v) is 2.20. The zero-order valence-electron chi connectivity index (χ0n) is 9.30. The quantitative estimate of drug-likeness (QED) is 0.859. The summed E-state index contributed by atoms with van der Waals surface area (Å²) in [5.41, 5.74) is 0.823. The fraction of sp³-hybridized carbons (Fsp3) is 0.333. The Morgan fingerprint density at radius 2 is 2.28 bits per heavy atom. The Balaban J connectivity index is 1.98. The molecule has 0 aliphatic carbocycles. The summed E-state index contributed by atoms with van der Waals surface area (Å²) in [5.74, 6) is -2.06. The lowest BCUT2D eigenvalue weighted by Gasteiger charge is -2.08. The van der Waals surface area contributed by atoms with Crippen LogP contribution >= 0.6 is 0 Å². The predicted octanol–water partition coefficient (Wildman–Crippen LogP) is 1.27. The summed E-state index contributed by atoms with van der Waals surface area (Å²) in [4.78, 5) is 16.1. The molecule has 1 fully saturated rings. The monoisotopic (exact) mass is 251 g/mol. The van der Waals surface area contributed by atoms with Crippen molar-refractivity contribution < 1.29 is 23.9 Å². The molecule has 2 atom stereocenters. The van der Waals surface area contributed by atoms with Crippen LogP contribution in [0.3, 0.4) is 0 Å². The van der Waals surface area contributed by atoms with Gasteiger partial charge in [0.1, 0.15) is 5.82 Å². The van der Waals surface area contributed by atoms with E-state index in [1.807, 2.05) is 0 Å². The van der Waals surface area contributed by atoms with E-state index in [9.17, 15) is 9.18 Å². The van der Waals surface area contributed by atoms with Gasteiger partial charge >= 0.3 is 5.97 Å². The van der Waals surface area contributed by atoms with E-state index in [-0.39, 0.29) is 17.6 Å². The van der Waals surface area contributed by atoms with Gasteiger partial charge in [-0.3, -0.25) is 0 Å². The van der Waals surface area contributed by atoms with Crippen molar-refractivity contribution in [1.29, 1.82) is 0 Å². The number of nitrogens with zero attached hydrogens (tertiary/aromatic N) is 1. The number of carbonyl (C=O) groups is 1. The highest BCUT2D eigenvalue weighted by molar-refractivity contribution is 6.04. The summed E-state index contributed by atoms with van der Waals surface area (Å²) in [6.07, 6.45) is -0.113. The lowest BCUT2D eigenvalue weighted by atomic mass is 9.94. The first-order valence-electron chi connectivity index (χ1n) is 5.51. The van der Waals surface area contributed by atoms with E-state index in [2.05, 4.69) is 5.16 Å². The lowest BCUT2D eigenvalue weighted by Crippen LogP contribution is -2.22. The van der Waals surface area contributed by atoms with Gasteiger partial charge in [-0.05, 0) is 12.1 Å². The molecule has 0 aromatic heterocycles. The highest BCUT2D eigenvalue weighted by Crippen LogP contribution is 2.28. The summed E-state index contributed by atoms with van der Waals surface area (Å²) in [7, 11) is 0. The van der Waals surface area contributed by atoms with E-state index in [0.717, 1.165) is 6.07 Å². The molecule has 0 spiro atoms. The van der Waals surface area contributed by atoms with Crippen molar-refractivity contribution >= 4 is 11.7 Å². The maximum Gasteiger partial charge on any atom is 0.338 e. The van der Waals surface area contributed by atoms with Crippen molar-refractivity contribution in [3.8, 4) is 0 Å². The van der Waals surface area contributed by atoms with Gasteiger partial charge in [-0.1, -0.05) is 11.2 Å². The molecule has 6 heteroatoms. The average molecular weight is 251 g/mol. The zero-order valence-corrected chi connectivity index (χ0v) is 9.30. The molecule has 1 saturated heterocycles. The number of carboxylic acids is 1. The van der Waals surface area contributed by atoms with E-state index in [1.54, 1.807) is 0 Å². The molecular weight excluding hydrogens is 241 g/mol. The third-order valence-corrected chi connectivity index (χ3v) is 3.16. The van der Waals surface area contributed by atoms with Crippen LogP contribution in [0, 0.1) is 11.7 Å². The molecule has 2 unspecified atom stereocenters. The third-order valence-electron chi connectivity index (χ3n) is 3.16. The minimum Gasteiger partial charge on any atom is -0.478 e. The Hall–Kier alpha value is -1.95. The second-order valence-corrected chi connectivity index (χ2v) is 4.26. The zero-order chi connectivity index (χ0) is 12.7. The lowest BCUT2D eigenvalue weighted by molar-refractivity contribution is 0.0558. The second kappa shape index (κ2) is 4.06. The largest absolute Gasteiger partial charge is 0.478 e. The standard InChI is InChI=1S/C12H10FNO4/c13-9-2-1-6(3-7(9)12(15)16)11-8-4-17-5-10(8)18-14-11/h1-3,8,10H,4-5H2,(H,15,16). The van der Waals surface area contributed by atoms with Crippen LogP contribution in [-0.4, -0.2) is 36.1 Å². The maximum atomic E-state index is 13.3. The van der Waals surface area contributed by atoms with Crippen molar-refractivity contribution in [2.24, 2.45) is 11.1 Å². The maximum absolute atomic E-state index is 13.3. The summed E-state index contributed by atoms with van der Waals surface area (Å²) in [6, 6.07) is 3.91. The first-order valence-corrected chi connectivity index (χ1v) is 5.51. The topological polar surface area (TPSA) is 68.1 Å². The smallest absolute Gasteiger partial charge is 0.338 e. The van der Waals surface area contributed by atoms with Gasteiger partial charge < -0.3 is 14.7 Å². The van der Waals surface area contributed by atoms with Gasteiger partial charge in [-0.25, -0.2) is 9.18 Å². The summed E-state index contributed by atoms with van der Waals surface area (Å²) < 4.78 is 18.6. The van der Waals surface area contributed by atoms with Crippen molar-refractivity contribution in [2.45, 2.75) is 6.10 Å². The molecule has 1 aromatic rings. The molecule has 0 radical (unpaired) electrons. The predicted molar refractivity (Wildman–Crippen MR) is 59.1 cm³/mol. The number of ether oxygens (including phenoxy) is 1. The van der Waals surface area contributed by atoms with Crippen LogP contribution in [0.4, 0.5) is 4.39 Å². The Kier molecular flexibility index (Phi) is 2.52. The van der Waals surface area contributed by atoms with Crippen LogP contribution in [0.15, 0.2) is 23.4 Å². The van der Waals surface area contributed by atoms with E-state index < -0.39 is 11.8 Å². The number of hydrogen-bond donors (Lipinski definition) is 1. The third kappa shape index (κ3) is 1.65. The fourth-order valence-electron chi connectivity index (χ4n) is 2.20. The molecule has 2 heterocycles. The van der Waals surface area contributed by atoms with Gasteiger partial charge in [-0.15, -0.1) is 0 Å². The van der Waals surface area contributed by atoms with Gasteiger partial charge in [0, 0.05) is 5.56 Å². The summed E-state index contributed by atoms with van der Waals surface area (Å²) in [6.45, 7) is 0.966. The number of benzene rings is 1. The van der Waals surface area contributed by atoms with E-state index in [0.29, 0.717) is 24.5 Å². The van der Waals surface area contributed by atoms with Gasteiger partial charge in [-0.2, -0.15) is 0 Å². The van der Waals surface area contributed by atoms with Crippen LogP contribution in [0.2, 0.25) is 0 Å². The normalized spacial score (nSPS) is 25.5. The Bertz CT molecular complexity index is 543. The van der Waals surface area contributed by atoms with Crippen LogP contribution in [-0.2, 0) is 9.57 Å². The Morgan fingerprint density at radius 1 is 1.44 bits per heavy atom. The van der Waals surface area contributed by atoms with Gasteiger partial charge in [0.15, 0.2) is 6.10 Å². The van der Waals surface area contributed by atoms with Crippen LogP contribution in [0.1, 0.15) is 15.9 Å². The van der Waals surface area contributed by atoms with Gasteiger partial charge in [0.05, 0.1) is 30.4 Å². The molecule has 2 aliphatic rings. The van der Waals surface area contributed by atoms with Crippen molar-refractivity contribution in [3.05, 3.63) is 35.1 Å². The molecule has 3 rings (SSSR count). The highest BCUT2D eigenvalue weighted by Gasteiger charge is 2.40. The first kappa shape index (κ1) is 11.2. The number of rotatable bonds is 2. The molecule has 0 saturated carbocycles. The van der Waals surface area contributed by atoms with E-state index >= 15 is 0 Å². The Labute approximate surface area is 102 Å². The van der Waals surface area contributed by atoms with Crippen LogP contribution < -0.4 is 0 Å². The number of aromatic carboxylic acids is 1.